The Balaban J connectivity index is 1.90. The van der Waals surface area contributed by atoms with Gasteiger partial charge in [0, 0.05) is 12.2 Å². The van der Waals surface area contributed by atoms with Gasteiger partial charge in [-0.05, 0) is 42.5 Å². The van der Waals surface area contributed by atoms with Crippen LogP contribution in [-0.2, 0) is 17.8 Å². The van der Waals surface area contributed by atoms with E-state index in [0.717, 1.165) is 23.2 Å². The summed E-state index contributed by atoms with van der Waals surface area (Å²) < 4.78 is 0. The van der Waals surface area contributed by atoms with Gasteiger partial charge >= 0.3 is 0 Å². The predicted octanol–water partition coefficient (Wildman–Crippen LogP) is 4.39. The van der Waals surface area contributed by atoms with Crippen molar-refractivity contribution in [3.05, 3.63) is 65.2 Å². The largest absolute Gasteiger partial charge is 0.368 e. The van der Waals surface area contributed by atoms with Crippen LogP contribution in [0, 0.1) is 6.92 Å². The van der Waals surface area contributed by atoms with Gasteiger partial charge in [-0.15, -0.1) is 0 Å². The van der Waals surface area contributed by atoms with Crippen molar-refractivity contribution >= 4 is 28.8 Å². The predicted molar refractivity (Wildman–Crippen MR) is 104 cm³/mol. The lowest BCUT2D eigenvalue weighted by Crippen LogP contribution is -2.33. The third-order valence-corrected chi connectivity index (χ3v) is 4.19. The van der Waals surface area contributed by atoms with E-state index in [1.807, 2.05) is 43.3 Å². The molecule has 0 radical (unpaired) electrons. The van der Waals surface area contributed by atoms with Crippen LogP contribution in [0.25, 0.3) is 0 Å². The Bertz CT molecular complexity index is 698. The Hall–Kier alpha value is -2.20. The lowest BCUT2D eigenvalue weighted by Gasteiger charge is -2.12. The fourth-order valence-corrected chi connectivity index (χ4v) is 2.56. The van der Waals surface area contributed by atoms with Crippen LogP contribution in [0.4, 0.5) is 5.69 Å². The highest BCUT2D eigenvalue weighted by Crippen LogP contribution is 2.18. The quantitative estimate of drug-likeness (QED) is 0.766. The summed E-state index contributed by atoms with van der Waals surface area (Å²) in [4.78, 5) is 12.4. The molecule has 0 aliphatic rings. The van der Waals surface area contributed by atoms with Gasteiger partial charge in [0.2, 0.25) is 0 Å². The maximum absolute atomic E-state index is 12.2. The van der Waals surface area contributed by atoms with Crippen molar-refractivity contribution in [2.75, 3.05) is 5.32 Å². The number of rotatable bonds is 6. The van der Waals surface area contributed by atoms with E-state index < -0.39 is 0 Å². The molecule has 4 heteroatoms. The topological polar surface area (TPSA) is 41.1 Å². The van der Waals surface area contributed by atoms with Crippen molar-refractivity contribution < 1.29 is 4.79 Å². The zero-order valence-corrected chi connectivity index (χ0v) is 15.1. The molecule has 0 fully saturated rings. The second-order valence-electron chi connectivity index (χ2n) is 5.88. The molecular formula is C20H24N2OS. The summed E-state index contributed by atoms with van der Waals surface area (Å²) in [5.74, 6) is -0.273. The molecule has 0 saturated carbocycles. The van der Waals surface area contributed by atoms with Crippen LogP contribution in [0.5, 0.6) is 0 Å². The number of unbranched alkanes of at least 4 members (excludes halogenated alkanes) is 1. The van der Waals surface area contributed by atoms with Crippen molar-refractivity contribution in [3.8, 4) is 0 Å². The fourth-order valence-electron chi connectivity index (χ4n) is 2.44. The van der Waals surface area contributed by atoms with Gasteiger partial charge < -0.3 is 10.6 Å². The molecule has 1 amide bonds. The minimum Gasteiger partial charge on any atom is -0.368 e. The zero-order valence-electron chi connectivity index (χ0n) is 14.3. The molecule has 126 valence electrons. The Labute approximate surface area is 149 Å². The first kappa shape index (κ1) is 18.1. The maximum atomic E-state index is 12.2. The monoisotopic (exact) mass is 340 g/mol. The second-order valence-corrected chi connectivity index (χ2v) is 6.28. The van der Waals surface area contributed by atoms with Crippen molar-refractivity contribution in [1.29, 1.82) is 0 Å². The normalized spacial score (nSPS) is 10.2. The number of amides is 1. The number of hydrogen-bond acceptors (Lipinski definition) is 2. The van der Waals surface area contributed by atoms with Gasteiger partial charge in [-0.2, -0.15) is 0 Å². The first-order valence-corrected chi connectivity index (χ1v) is 8.73. The highest BCUT2D eigenvalue weighted by atomic mass is 32.1. The van der Waals surface area contributed by atoms with Gasteiger partial charge in [0.25, 0.3) is 5.91 Å². The summed E-state index contributed by atoms with van der Waals surface area (Å²) in [7, 11) is 0. The van der Waals surface area contributed by atoms with Gasteiger partial charge in [0.05, 0.1) is 0 Å². The van der Waals surface area contributed by atoms with E-state index in [0.29, 0.717) is 6.54 Å². The molecule has 0 aromatic heterocycles. The highest BCUT2D eigenvalue weighted by Gasteiger charge is 2.10. The highest BCUT2D eigenvalue weighted by molar-refractivity contribution is 7.82. The fraction of sp³-hybridized carbons (Fsp3) is 0.300. The molecule has 2 N–H and O–H groups in total. The average molecular weight is 340 g/mol. The van der Waals surface area contributed by atoms with Crippen LogP contribution < -0.4 is 10.6 Å². The molecule has 0 spiro atoms. The van der Waals surface area contributed by atoms with E-state index in [9.17, 15) is 4.79 Å². The van der Waals surface area contributed by atoms with Crippen molar-refractivity contribution in [1.82, 2.24) is 5.32 Å². The average Bonchev–Trinajstić information content (AvgIpc) is 2.60. The summed E-state index contributed by atoms with van der Waals surface area (Å²) in [6.45, 7) is 4.73. The number of thiocarbonyl (C=S) groups is 1. The summed E-state index contributed by atoms with van der Waals surface area (Å²) in [6.07, 6.45) is 3.43. The number of hydrogen-bond donors (Lipinski definition) is 2. The molecule has 0 heterocycles. The first-order chi connectivity index (χ1) is 11.6. The van der Waals surface area contributed by atoms with Crippen molar-refractivity contribution in [2.24, 2.45) is 0 Å². The van der Waals surface area contributed by atoms with Crippen molar-refractivity contribution in [2.45, 2.75) is 39.7 Å². The summed E-state index contributed by atoms with van der Waals surface area (Å²) >= 11 is 5.18. The van der Waals surface area contributed by atoms with Gasteiger partial charge in [-0.25, -0.2) is 0 Å². The van der Waals surface area contributed by atoms with Crippen LogP contribution in [0.3, 0.4) is 0 Å². The molecule has 2 rings (SSSR count). The summed E-state index contributed by atoms with van der Waals surface area (Å²) in [5, 5.41) is 5.88. The Kier molecular flexibility index (Phi) is 6.94. The van der Waals surface area contributed by atoms with E-state index in [1.54, 1.807) is 0 Å². The van der Waals surface area contributed by atoms with Crippen LogP contribution in [0.1, 0.15) is 36.5 Å². The smallest absolute Gasteiger partial charge is 0.283 e. The molecule has 24 heavy (non-hydrogen) atoms. The molecule has 0 aliphatic heterocycles. The third kappa shape index (κ3) is 5.46. The van der Waals surface area contributed by atoms with E-state index in [2.05, 4.69) is 29.7 Å². The van der Waals surface area contributed by atoms with Crippen molar-refractivity contribution in [3.63, 3.8) is 0 Å². The van der Waals surface area contributed by atoms with Crippen LogP contribution in [0.2, 0.25) is 0 Å². The number of carbonyl (C=O) groups is 1. The minimum absolute atomic E-state index is 0.202. The van der Waals surface area contributed by atoms with Gasteiger partial charge in [-0.3, -0.25) is 4.79 Å². The molecule has 0 saturated heterocycles. The molecule has 0 atom stereocenters. The van der Waals surface area contributed by atoms with Gasteiger partial charge in [0.1, 0.15) is 0 Å². The van der Waals surface area contributed by atoms with Crippen LogP contribution in [0.15, 0.2) is 48.5 Å². The number of aryl methyl sites for hydroxylation is 2. The third-order valence-electron chi connectivity index (χ3n) is 3.86. The Morgan fingerprint density at radius 2 is 1.83 bits per heavy atom. The maximum Gasteiger partial charge on any atom is 0.283 e. The Morgan fingerprint density at radius 3 is 2.50 bits per heavy atom. The number of anilines is 1. The summed E-state index contributed by atoms with van der Waals surface area (Å²) in [6, 6.07) is 16.0. The molecule has 0 unspecified atom stereocenters. The standard InChI is InChI=1S/C20H24N2OS/c1-3-4-8-16-11-12-18(15(2)13-16)22-19(23)20(24)21-14-17-9-6-5-7-10-17/h5-7,9-13H,3-4,8,14H2,1-2H3,(H,21,24)(H,22,23). The molecule has 2 aromatic carbocycles. The lowest BCUT2D eigenvalue weighted by molar-refractivity contribution is -0.110. The minimum atomic E-state index is -0.273. The number of carbonyl (C=O) groups excluding carboxylic acids is 1. The number of nitrogens with one attached hydrogen (secondary N) is 2. The summed E-state index contributed by atoms with van der Waals surface area (Å²) in [5.41, 5.74) is 4.26. The van der Waals surface area contributed by atoms with E-state index >= 15 is 0 Å². The SMILES string of the molecule is CCCCc1ccc(NC(=O)C(=S)NCc2ccccc2)c(C)c1. The molecule has 3 nitrogen and oxygen atoms in total. The van der Waals surface area contributed by atoms with E-state index in [4.69, 9.17) is 12.2 Å². The first-order valence-electron chi connectivity index (χ1n) is 8.32. The van der Waals surface area contributed by atoms with Crippen LogP contribution >= 0.6 is 12.2 Å². The molecule has 0 bridgehead atoms. The molecule has 0 aliphatic carbocycles. The van der Waals surface area contributed by atoms with Gasteiger partial charge in [-0.1, -0.05) is 68.0 Å². The second kappa shape index (κ2) is 9.18. The van der Waals surface area contributed by atoms with E-state index in [1.165, 1.54) is 18.4 Å². The molecule has 2 aromatic rings. The van der Waals surface area contributed by atoms with E-state index in [-0.39, 0.29) is 10.9 Å². The van der Waals surface area contributed by atoms with Gasteiger partial charge in [0.15, 0.2) is 4.99 Å². The van der Waals surface area contributed by atoms with Crippen LogP contribution in [-0.4, -0.2) is 10.9 Å². The lowest BCUT2D eigenvalue weighted by atomic mass is 10.0. The molecular weight excluding hydrogens is 316 g/mol. The zero-order chi connectivity index (χ0) is 17.4. The number of benzene rings is 2. The Morgan fingerprint density at radius 1 is 1.08 bits per heavy atom.